The number of rotatable bonds is 1. The SMILES string of the molecule is CN1CCC23C=CC(CN)CC2Oc2cccc(c23)C1.CN1CCC23C=CCC(N)C2Oc2cccc(c23)C1. The number of ether oxygens (including phenoxy) is 2. The van der Waals surface area contributed by atoms with Gasteiger partial charge in [-0.05, 0) is 88.6 Å². The van der Waals surface area contributed by atoms with E-state index < -0.39 is 0 Å². The third-order valence-electron chi connectivity index (χ3n) is 10.2. The minimum Gasteiger partial charge on any atom is -0.489 e. The Morgan fingerprint density at radius 1 is 0.872 bits per heavy atom. The van der Waals surface area contributed by atoms with Crippen LogP contribution >= 0.6 is 0 Å². The first-order valence-corrected chi connectivity index (χ1v) is 14.7. The predicted molar refractivity (Wildman–Crippen MR) is 155 cm³/mol. The van der Waals surface area contributed by atoms with Crippen molar-refractivity contribution < 1.29 is 9.47 Å². The van der Waals surface area contributed by atoms with Gasteiger partial charge in [-0.15, -0.1) is 0 Å². The average Bonchev–Trinajstić information content (AvgIpc) is 3.35. The van der Waals surface area contributed by atoms with Crippen LogP contribution in [-0.4, -0.2) is 61.8 Å². The van der Waals surface area contributed by atoms with E-state index in [4.69, 9.17) is 20.9 Å². The molecule has 0 bridgehead atoms. The van der Waals surface area contributed by atoms with E-state index in [0.29, 0.717) is 5.92 Å². The molecule has 2 aliphatic carbocycles. The van der Waals surface area contributed by atoms with Crippen LogP contribution in [0.4, 0.5) is 0 Å². The van der Waals surface area contributed by atoms with Gasteiger partial charge in [0.05, 0.1) is 10.8 Å². The molecule has 2 spiro atoms. The van der Waals surface area contributed by atoms with Crippen molar-refractivity contribution in [1.82, 2.24) is 9.80 Å². The molecule has 0 amide bonds. The highest BCUT2D eigenvalue weighted by molar-refractivity contribution is 5.56. The molecule has 206 valence electrons. The average molecular weight is 527 g/mol. The van der Waals surface area contributed by atoms with Crippen LogP contribution in [0.3, 0.4) is 0 Å². The van der Waals surface area contributed by atoms with Gasteiger partial charge in [-0.1, -0.05) is 48.6 Å². The second-order valence-electron chi connectivity index (χ2n) is 12.7. The summed E-state index contributed by atoms with van der Waals surface area (Å²) in [7, 11) is 4.40. The Bertz CT molecular complexity index is 1320. The van der Waals surface area contributed by atoms with Crippen LogP contribution < -0.4 is 20.9 Å². The summed E-state index contributed by atoms with van der Waals surface area (Å²) in [6.45, 7) is 4.95. The minimum atomic E-state index is 0.00829. The summed E-state index contributed by atoms with van der Waals surface area (Å²) < 4.78 is 12.6. The van der Waals surface area contributed by atoms with Gasteiger partial charge < -0.3 is 30.7 Å². The fourth-order valence-corrected chi connectivity index (χ4v) is 8.18. The van der Waals surface area contributed by atoms with E-state index in [9.17, 15) is 0 Å². The van der Waals surface area contributed by atoms with Crippen molar-refractivity contribution in [1.29, 1.82) is 0 Å². The molecule has 4 N–H and O–H groups in total. The van der Waals surface area contributed by atoms with E-state index in [1.54, 1.807) is 0 Å². The molecule has 6 nitrogen and oxygen atoms in total. The number of hydrogen-bond donors (Lipinski definition) is 2. The monoisotopic (exact) mass is 526 g/mol. The van der Waals surface area contributed by atoms with Gasteiger partial charge in [0.15, 0.2) is 0 Å². The maximum Gasteiger partial charge on any atom is 0.127 e. The first-order valence-electron chi connectivity index (χ1n) is 14.7. The van der Waals surface area contributed by atoms with E-state index in [-0.39, 0.29) is 29.1 Å². The summed E-state index contributed by atoms with van der Waals surface area (Å²) in [6, 6.07) is 13.1. The molecule has 0 saturated heterocycles. The van der Waals surface area contributed by atoms with Crippen LogP contribution in [-0.2, 0) is 23.9 Å². The van der Waals surface area contributed by atoms with Crippen molar-refractivity contribution in [2.24, 2.45) is 17.4 Å². The molecule has 2 aromatic rings. The Labute approximate surface area is 232 Å². The van der Waals surface area contributed by atoms with E-state index >= 15 is 0 Å². The summed E-state index contributed by atoms with van der Waals surface area (Å²) in [4.78, 5) is 4.82. The molecule has 0 fully saturated rings. The summed E-state index contributed by atoms with van der Waals surface area (Å²) in [6.07, 6.45) is 14.0. The number of nitrogens with zero attached hydrogens (tertiary/aromatic N) is 2. The fraction of sp³-hybridized carbons (Fsp3) is 0.515. The van der Waals surface area contributed by atoms with Gasteiger partial charge >= 0.3 is 0 Å². The highest BCUT2D eigenvalue weighted by Crippen LogP contribution is 2.54. The van der Waals surface area contributed by atoms with Gasteiger partial charge in [0, 0.05) is 30.3 Å². The van der Waals surface area contributed by atoms with Gasteiger partial charge in [0.2, 0.25) is 0 Å². The molecule has 0 radical (unpaired) electrons. The van der Waals surface area contributed by atoms with Crippen LogP contribution in [0, 0.1) is 5.92 Å². The zero-order valence-corrected chi connectivity index (χ0v) is 23.3. The van der Waals surface area contributed by atoms with Crippen molar-refractivity contribution in [3.05, 3.63) is 83.0 Å². The Kier molecular flexibility index (Phi) is 6.16. The zero-order chi connectivity index (χ0) is 26.8. The number of benzene rings is 2. The van der Waals surface area contributed by atoms with Gasteiger partial charge in [-0.25, -0.2) is 0 Å². The molecule has 6 heteroatoms. The largest absolute Gasteiger partial charge is 0.489 e. The molecule has 6 atom stereocenters. The van der Waals surface area contributed by atoms with E-state index in [0.717, 1.165) is 69.9 Å². The van der Waals surface area contributed by atoms with E-state index in [1.165, 1.54) is 22.3 Å². The lowest BCUT2D eigenvalue weighted by Gasteiger charge is -2.37. The van der Waals surface area contributed by atoms with Crippen LogP contribution in [0.15, 0.2) is 60.7 Å². The lowest BCUT2D eigenvalue weighted by molar-refractivity contribution is 0.124. The molecule has 4 aliphatic heterocycles. The first kappa shape index (κ1) is 25.3. The normalized spacial score (nSPS) is 35.7. The quantitative estimate of drug-likeness (QED) is 0.550. The smallest absolute Gasteiger partial charge is 0.127 e. The van der Waals surface area contributed by atoms with Crippen LogP contribution in [0.25, 0.3) is 0 Å². The second-order valence-corrected chi connectivity index (χ2v) is 12.7. The van der Waals surface area contributed by atoms with Gasteiger partial charge in [0.25, 0.3) is 0 Å². The maximum atomic E-state index is 6.33. The predicted octanol–water partition coefficient (Wildman–Crippen LogP) is 3.86. The Morgan fingerprint density at radius 2 is 1.51 bits per heavy atom. The summed E-state index contributed by atoms with van der Waals surface area (Å²) in [5.41, 5.74) is 18.0. The highest BCUT2D eigenvalue weighted by atomic mass is 16.5. The highest BCUT2D eigenvalue weighted by Gasteiger charge is 2.53. The molecule has 4 heterocycles. The Balaban J connectivity index is 0.000000130. The first-order chi connectivity index (χ1) is 18.9. The molecular formula is C33H42N4O2. The van der Waals surface area contributed by atoms with Crippen LogP contribution in [0.1, 0.15) is 47.9 Å². The van der Waals surface area contributed by atoms with E-state index in [1.807, 2.05) is 0 Å². The minimum absolute atomic E-state index is 0.00829. The van der Waals surface area contributed by atoms with Gasteiger partial charge in [0.1, 0.15) is 23.7 Å². The summed E-state index contributed by atoms with van der Waals surface area (Å²) in [5.74, 6) is 2.62. The fourth-order valence-electron chi connectivity index (χ4n) is 8.18. The molecule has 6 aliphatic rings. The molecule has 2 aromatic carbocycles. The third-order valence-corrected chi connectivity index (χ3v) is 10.2. The molecule has 0 aromatic heterocycles. The summed E-state index contributed by atoms with van der Waals surface area (Å²) >= 11 is 0. The van der Waals surface area contributed by atoms with Gasteiger partial charge in [-0.3, -0.25) is 0 Å². The van der Waals surface area contributed by atoms with Crippen LogP contribution in [0.5, 0.6) is 11.5 Å². The number of hydrogen-bond acceptors (Lipinski definition) is 6. The zero-order valence-electron chi connectivity index (χ0n) is 23.3. The molecule has 39 heavy (non-hydrogen) atoms. The molecular weight excluding hydrogens is 484 g/mol. The van der Waals surface area contributed by atoms with Crippen molar-refractivity contribution in [3.63, 3.8) is 0 Å². The Hall–Kier alpha value is -2.64. The van der Waals surface area contributed by atoms with E-state index in [2.05, 4.69) is 84.6 Å². The lowest BCUT2D eigenvalue weighted by atomic mass is 9.67. The lowest BCUT2D eigenvalue weighted by Crippen LogP contribution is -2.51. The van der Waals surface area contributed by atoms with Crippen molar-refractivity contribution in [2.45, 2.75) is 67.9 Å². The standard InChI is InChI=1S/C17H22N2O.C16H20N2O/c1-19-8-7-17-6-5-12(10-18)9-15(17)20-14-4-2-3-13(11-19)16(14)17;1-18-9-8-16-7-3-5-12(17)15(16)19-13-6-2-4-11(10-18)14(13)16/h2-6,12,15H,7-11,18H2,1H3;2-4,6-7,12,15H,5,8-10,17H2,1H3. The topological polar surface area (TPSA) is 77.0 Å². The Morgan fingerprint density at radius 3 is 2.21 bits per heavy atom. The van der Waals surface area contributed by atoms with Crippen LogP contribution in [0.2, 0.25) is 0 Å². The second kappa shape index (κ2) is 9.48. The van der Waals surface area contributed by atoms with Crippen molar-refractivity contribution >= 4 is 0 Å². The van der Waals surface area contributed by atoms with Crippen molar-refractivity contribution in [3.8, 4) is 11.5 Å². The molecule has 0 saturated carbocycles. The number of nitrogens with two attached hydrogens (primary N) is 2. The van der Waals surface area contributed by atoms with Crippen molar-refractivity contribution in [2.75, 3.05) is 33.7 Å². The molecule has 8 rings (SSSR count). The van der Waals surface area contributed by atoms with Gasteiger partial charge in [-0.2, -0.15) is 0 Å². The summed E-state index contributed by atoms with van der Waals surface area (Å²) in [5, 5.41) is 0. The third kappa shape index (κ3) is 3.91. The molecule has 6 unspecified atom stereocenters. The maximum absolute atomic E-state index is 6.33.